The van der Waals surface area contributed by atoms with Crippen LogP contribution in [0.3, 0.4) is 0 Å². The number of carbonyl (C=O) groups excluding carboxylic acids is 1. The first kappa shape index (κ1) is 29.3. The largest absolute Gasteiger partial charge is 0.378 e. The van der Waals surface area contributed by atoms with E-state index in [1.54, 1.807) is 0 Å². The van der Waals surface area contributed by atoms with Crippen LogP contribution in [-0.2, 0) is 14.1 Å². The van der Waals surface area contributed by atoms with Crippen LogP contribution < -0.4 is 0 Å². The van der Waals surface area contributed by atoms with Crippen molar-refractivity contribution in [1.82, 2.24) is 14.2 Å². The van der Waals surface area contributed by atoms with E-state index in [0.29, 0.717) is 49.1 Å². The third kappa shape index (κ3) is 10.4. The van der Waals surface area contributed by atoms with Gasteiger partial charge in [-0.15, -0.1) is 0 Å². The zero-order valence-electron chi connectivity index (χ0n) is 21.5. The lowest BCUT2D eigenvalue weighted by atomic mass is 9.99. The monoisotopic (exact) mass is 477 g/mol. The number of thioether (sulfide) groups is 1. The predicted octanol–water partition coefficient (Wildman–Crippen LogP) is 5.09. The van der Waals surface area contributed by atoms with Gasteiger partial charge in [-0.2, -0.15) is 0 Å². The highest BCUT2D eigenvalue weighted by molar-refractivity contribution is 8.13. The first-order chi connectivity index (χ1) is 14.6. The maximum atomic E-state index is 12.3. The molecule has 0 aromatic carbocycles. The SMILES string of the molecule is CC(C)N(C(C)C)P(OCCOCCSC(=O)C1CCN(C)CC1)N(C(C)C)C(C)C. The lowest BCUT2D eigenvalue weighted by Gasteiger charge is -2.45. The average molecular weight is 478 g/mol. The quantitative estimate of drug-likeness (QED) is 0.255. The second-order valence-corrected chi connectivity index (χ2v) is 12.4. The number of likely N-dealkylation sites (tertiary alicyclic amines) is 1. The summed E-state index contributed by atoms with van der Waals surface area (Å²) in [6.45, 7) is 21.7. The molecule has 0 bridgehead atoms. The molecule has 0 spiro atoms. The predicted molar refractivity (Wildman–Crippen MR) is 136 cm³/mol. The molecular weight excluding hydrogens is 429 g/mol. The van der Waals surface area contributed by atoms with Crippen LogP contribution in [0.2, 0.25) is 0 Å². The Balaban J connectivity index is 2.43. The molecular formula is C23H48N3O3PS. The highest BCUT2D eigenvalue weighted by Crippen LogP contribution is 2.50. The number of ether oxygens (including phenoxy) is 1. The molecule has 8 heteroatoms. The van der Waals surface area contributed by atoms with Crippen LogP contribution >= 0.6 is 20.2 Å². The van der Waals surface area contributed by atoms with Gasteiger partial charge in [-0.25, -0.2) is 9.34 Å². The smallest absolute Gasteiger partial charge is 0.192 e. The summed E-state index contributed by atoms with van der Waals surface area (Å²) in [5.74, 6) is 0.956. The van der Waals surface area contributed by atoms with E-state index in [0.717, 1.165) is 31.7 Å². The highest BCUT2D eigenvalue weighted by atomic mass is 32.2. The second-order valence-electron chi connectivity index (χ2n) is 9.58. The minimum atomic E-state index is -0.869. The van der Waals surface area contributed by atoms with Crippen molar-refractivity contribution in [3.8, 4) is 0 Å². The highest BCUT2D eigenvalue weighted by Gasteiger charge is 2.34. The van der Waals surface area contributed by atoms with Crippen LogP contribution in [0.25, 0.3) is 0 Å². The third-order valence-electron chi connectivity index (χ3n) is 5.47. The van der Waals surface area contributed by atoms with E-state index < -0.39 is 8.45 Å². The van der Waals surface area contributed by atoms with Gasteiger partial charge in [0.05, 0.1) is 19.8 Å². The van der Waals surface area contributed by atoms with Gasteiger partial charge in [-0.3, -0.25) is 4.79 Å². The minimum Gasteiger partial charge on any atom is -0.378 e. The zero-order valence-corrected chi connectivity index (χ0v) is 23.2. The van der Waals surface area contributed by atoms with Crippen LogP contribution in [0.1, 0.15) is 68.2 Å². The fourth-order valence-corrected chi connectivity index (χ4v) is 7.28. The lowest BCUT2D eigenvalue weighted by Crippen LogP contribution is -2.43. The third-order valence-corrected chi connectivity index (χ3v) is 9.51. The van der Waals surface area contributed by atoms with Crippen LogP contribution in [0.5, 0.6) is 0 Å². The number of piperidine rings is 1. The molecule has 0 aromatic rings. The summed E-state index contributed by atoms with van der Waals surface area (Å²) in [5, 5.41) is 0.338. The summed E-state index contributed by atoms with van der Waals surface area (Å²) in [4.78, 5) is 14.6. The molecule has 184 valence electrons. The Labute approximate surface area is 197 Å². The average Bonchev–Trinajstić information content (AvgIpc) is 2.66. The van der Waals surface area contributed by atoms with E-state index in [1.165, 1.54) is 11.8 Å². The summed E-state index contributed by atoms with van der Waals surface area (Å²) in [6, 6.07) is 1.64. The molecule has 1 rings (SSSR count). The number of carbonyl (C=O) groups is 1. The molecule has 0 saturated carbocycles. The van der Waals surface area contributed by atoms with Crippen molar-refractivity contribution in [2.75, 3.05) is 45.7 Å². The Bertz CT molecular complexity index is 464. The van der Waals surface area contributed by atoms with Crippen LogP contribution in [0.15, 0.2) is 0 Å². The van der Waals surface area contributed by atoms with Gasteiger partial charge < -0.3 is 14.2 Å². The summed E-state index contributed by atoms with van der Waals surface area (Å²) in [7, 11) is 1.25. The van der Waals surface area contributed by atoms with Crippen LogP contribution in [-0.4, -0.2) is 89.2 Å². The molecule has 0 atom stereocenters. The molecule has 1 saturated heterocycles. The van der Waals surface area contributed by atoms with Crippen molar-refractivity contribution in [2.24, 2.45) is 5.92 Å². The van der Waals surface area contributed by atoms with Gasteiger partial charge in [-0.1, -0.05) is 11.8 Å². The van der Waals surface area contributed by atoms with Gasteiger partial charge in [0.25, 0.3) is 0 Å². The van der Waals surface area contributed by atoms with Crippen molar-refractivity contribution in [3.63, 3.8) is 0 Å². The van der Waals surface area contributed by atoms with Gasteiger partial charge in [0.2, 0.25) is 0 Å². The van der Waals surface area contributed by atoms with Gasteiger partial charge in [0.15, 0.2) is 13.6 Å². The number of nitrogens with zero attached hydrogens (tertiary/aromatic N) is 3. The first-order valence-corrected chi connectivity index (χ1v) is 14.1. The van der Waals surface area contributed by atoms with Crippen LogP contribution in [0, 0.1) is 5.92 Å². The molecule has 6 nitrogen and oxygen atoms in total. The molecule has 31 heavy (non-hydrogen) atoms. The number of rotatable bonds is 14. The minimum absolute atomic E-state index is 0.226. The molecule has 0 unspecified atom stereocenters. The van der Waals surface area contributed by atoms with E-state index >= 15 is 0 Å². The Hall–Kier alpha value is 0.250. The molecule has 0 N–H and O–H groups in total. The fourth-order valence-electron chi connectivity index (χ4n) is 4.08. The van der Waals surface area contributed by atoms with Crippen molar-refractivity contribution in [3.05, 3.63) is 0 Å². The van der Waals surface area contributed by atoms with Crippen molar-refractivity contribution in [2.45, 2.75) is 92.4 Å². The molecule has 1 heterocycles. The van der Waals surface area contributed by atoms with Crippen LogP contribution in [0.4, 0.5) is 0 Å². The molecule has 0 aliphatic carbocycles. The molecule has 1 fully saturated rings. The Kier molecular flexibility index (Phi) is 14.4. The fraction of sp³-hybridized carbons (Fsp3) is 0.957. The van der Waals surface area contributed by atoms with Crippen molar-refractivity contribution in [1.29, 1.82) is 0 Å². The van der Waals surface area contributed by atoms with E-state index in [2.05, 4.69) is 76.7 Å². The zero-order chi connectivity index (χ0) is 23.6. The lowest BCUT2D eigenvalue weighted by molar-refractivity contribution is -0.115. The van der Waals surface area contributed by atoms with Gasteiger partial charge in [-0.05, 0) is 88.4 Å². The maximum absolute atomic E-state index is 12.3. The molecule has 1 aliphatic rings. The molecule has 1 aliphatic heterocycles. The normalized spacial score (nSPS) is 16.9. The van der Waals surface area contributed by atoms with E-state index in [4.69, 9.17) is 9.26 Å². The second kappa shape index (κ2) is 15.2. The topological polar surface area (TPSA) is 45.3 Å². The van der Waals surface area contributed by atoms with Gasteiger partial charge in [0.1, 0.15) is 0 Å². The van der Waals surface area contributed by atoms with Gasteiger partial charge >= 0.3 is 0 Å². The Morgan fingerprint density at radius 3 is 1.84 bits per heavy atom. The molecule has 0 aromatic heterocycles. The standard InChI is InChI=1S/C23H48N3O3PS/c1-18(2)25(19(3)4)30(26(20(5)6)21(7)8)29-15-14-28-16-17-31-23(27)22-10-12-24(9)13-11-22/h18-22H,10-17H2,1-9H3. The summed E-state index contributed by atoms with van der Waals surface area (Å²) in [5.41, 5.74) is 0. The van der Waals surface area contributed by atoms with E-state index in [-0.39, 0.29) is 5.92 Å². The number of hydrogen-bond donors (Lipinski definition) is 0. The summed E-state index contributed by atoms with van der Waals surface area (Å²) < 4.78 is 17.2. The van der Waals surface area contributed by atoms with Crippen molar-refractivity contribution < 1.29 is 14.1 Å². The Morgan fingerprint density at radius 1 is 0.903 bits per heavy atom. The summed E-state index contributed by atoms with van der Waals surface area (Å²) >= 11 is 1.44. The number of hydrogen-bond acceptors (Lipinski definition) is 7. The van der Waals surface area contributed by atoms with E-state index in [9.17, 15) is 4.79 Å². The molecule has 0 amide bonds. The summed E-state index contributed by atoms with van der Waals surface area (Å²) in [6.07, 6.45) is 1.98. The maximum Gasteiger partial charge on any atom is 0.192 e. The van der Waals surface area contributed by atoms with Crippen molar-refractivity contribution >= 4 is 25.3 Å². The molecule has 0 radical (unpaired) electrons. The van der Waals surface area contributed by atoms with E-state index in [1.807, 2.05) is 0 Å². The first-order valence-electron chi connectivity index (χ1n) is 12.0. The Morgan fingerprint density at radius 2 is 1.39 bits per heavy atom. The van der Waals surface area contributed by atoms with Gasteiger partial charge in [0, 0.05) is 35.8 Å².